The molecule has 0 spiro atoms. The van der Waals surface area contributed by atoms with E-state index in [0.717, 1.165) is 46.5 Å². The summed E-state index contributed by atoms with van der Waals surface area (Å²) < 4.78 is 7.22. The Morgan fingerprint density at radius 2 is 1.91 bits per heavy atom. The largest absolute Gasteiger partial charge is 0.494 e. The number of ether oxygens (including phenoxy) is 1. The van der Waals surface area contributed by atoms with Crippen molar-refractivity contribution < 1.29 is 9.53 Å². The first-order valence-corrected chi connectivity index (χ1v) is 12.8. The summed E-state index contributed by atoms with van der Waals surface area (Å²) in [4.78, 5) is 33.8. The Hall–Kier alpha value is -2.90. The lowest BCUT2D eigenvalue weighted by Gasteiger charge is -2.16. The number of nitrogens with zero attached hydrogens (tertiary/aromatic N) is 2. The van der Waals surface area contributed by atoms with Crippen LogP contribution in [0.4, 0.5) is 0 Å². The average molecular weight is 477 g/mol. The molecule has 7 heteroatoms. The molecule has 0 aliphatic heterocycles. The van der Waals surface area contributed by atoms with Crippen molar-refractivity contribution in [1.82, 2.24) is 9.55 Å². The quantitative estimate of drug-likeness (QED) is 0.195. The molecule has 1 unspecified atom stereocenters. The minimum atomic E-state index is -0.391. The van der Waals surface area contributed by atoms with Crippen LogP contribution in [-0.4, -0.2) is 27.2 Å². The Kier molecular flexibility index (Phi) is 6.08. The number of Topliss-reactive ketones (excluding diaryl/α,β-unsaturated/α-hetero) is 1. The molecule has 0 N–H and O–H groups in total. The molecule has 0 saturated heterocycles. The second-order valence-corrected chi connectivity index (χ2v) is 10.4. The highest BCUT2D eigenvalue weighted by atomic mass is 32.2. The monoisotopic (exact) mass is 476 g/mol. The van der Waals surface area contributed by atoms with Crippen LogP contribution in [-0.2, 0) is 12.8 Å². The number of thioether (sulfide) groups is 1. The van der Waals surface area contributed by atoms with Crippen LogP contribution >= 0.6 is 23.1 Å². The number of benzene rings is 2. The molecule has 5 rings (SSSR count). The summed E-state index contributed by atoms with van der Waals surface area (Å²) in [5.74, 6) is 0.767. The molecular weight excluding hydrogens is 452 g/mol. The summed E-state index contributed by atoms with van der Waals surface area (Å²) in [5.41, 5.74) is 2.46. The van der Waals surface area contributed by atoms with Gasteiger partial charge in [0.15, 0.2) is 10.9 Å². The van der Waals surface area contributed by atoms with E-state index < -0.39 is 5.25 Å². The van der Waals surface area contributed by atoms with E-state index in [0.29, 0.717) is 17.3 Å². The van der Waals surface area contributed by atoms with Gasteiger partial charge in [-0.15, -0.1) is 11.3 Å². The zero-order valence-corrected chi connectivity index (χ0v) is 20.2. The fourth-order valence-corrected chi connectivity index (χ4v) is 6.54. The van der Waals surface area contributed by atoms with Crippen LogP contribution in [0.2, 0.25) is 0 Å². The van der Waals surface area contributed by atoms with E-state index in [1.165, 1.54) is 16.6 Å². The first kappa shape index (κ1) is 21.9. The van der Waals surface area contributed by atoms with Crippen molar-refractivity contribution in [2.24, 2.45) is 0 Å². The van der Waals surface area contributed by atoms with Crippen LogP contribution in [0.3, 0.4) is 0 Å². The molecule has 0 fully saturated rings. The lowest BCUT2D eigenvalue weighted by Crippen LogP contribution is -2.23. The molecule has 1 atom stereocenters. The van der Waals surface area contributed by atoms with Crippen molar-refractivity contribution in [2.45, 2.75) is 43.5 Å². The van der Waals surface area contributed by atoms with Crippen LogP contribution in [0.5, 0.6) is 5.75 Å². The van der Waals surface area contributed by atoms with Gasteiger partial charge in [-0.1, -0.05) is 42.1 Å². The number of ketones is 1. The third kappa shape index (κ3) is 4.11. The molecule has 168 valence electrons. The van der Waals surface area contributed by atoms with E-state index in [9.17, 15) is 9.59 Å². The molecule has 0 bridgehead atoms. The normalized spacial score (nSPS) is 13.8. The molecular formula is C26H24N2O3S2. The zero-order chi connectivity index (χ0) is 22.9. The molecule has 33 heavy (non-hydrogen) atoms. The maximum atomic E-state index is 13.8. The summed E-state index contributed by atoms with van der Waals surface area (Å²) in [6, 6.07) is 16.7. The first-order valence-electron chi connectivity index (χ1n) is 11.1. The Morgan fingerprint density at radius 3 is 2.64 bits per heavy atom. The van der Waals surface area contributed by atoms with Gasteiger partial charge in [0.1, 0.15) is 10.6 Å². The number of aromatic nitrogens is 2. The number of fused-ring (bicyclic) bond motifs is 3. The Labute approximate surface area is 200 Å². The fourth-order valence-electron chi connectivity index (χ4n) is 4.24. The molecule has 1 aliphatic carbocycles. The number of aryl methyl sites for hydroxylation is 2. The van der Waals surface area contributed by atoms with Gasteiger partial charge in [-0.2, -0.15) is 0 Å². The standard InChI is InChI=1S/C26H24N2O3S2/c1-3-31-19-14-12-18(13-15-19)28-25(30)22-20-10-7-11-21(20)33-24(22)27-26(28)32-16(2)23(29)17-8-5-4-6-9-17/h4-6,8-9,12-16H,3,7,10-11H2,1-2H3. The molecule has 0 saturated carbocycles. The summed E-state index contributed by atoms with van der Waals surface area (Å²) >= 11 is 2.95. The minimum Gasteiger partial charge on any atom is -0.494 e. The topological polar surface area (TPSA) is 61.2 Å². The van der Waals surface area contributed by atoms with Crippen LogP contribution in [0.1, 0.15) is 41.1 Å². The second-order valence-electron chi connectivity index (χ2n) is 7.99. The highest BCUT2D eigenvalue weighted by Gasteiger charge is 2.26. The van der Waals surface area contributed by atoms with E-state index in [2.05, 4.69) is 0 Å². The van der Waals surface area contributed by atoms with Crippen LogP contribution < -0.4 is 10.3 Å². The van der Waals surface area contributed by atoms with E-state index in [4.69, 9.17) is 9.72 Å². The molecule has 2 aromatic heterocycles. The van der Waals surface area contributed by atoms with Gasteiger partial charge in [-0.25, -0.2) is 4.98 Å². The highest BCUT2D eigenvalue weighted by molar-refractivity contribution is 8.00. The number of carbonyl (C=O) groups excluding carboxylic acids is 1. The molecule has 0 amide bonds. The molecule has 1 aliphatic rings. The van der Waals surface area contributed by atoms with Crippen molar-refractivity contribution in [3.05, 3.63) is 81.0 Å². The Bertz CT molecular complexity index is 1370. The van der Waals surface area contributed by atoms with Crippen molar-refractivity contribution in [2.75, 3.05) is 6.61 Å². The predicted molar refractivity (Wildman–Crippen MR) is 135 cm³/mol. The SMILES string of the molecule is CCOc1ccc(-n2c(SC(C)C(=O)c3ccccc3)nc3sc4c(c3c2=O)CCC4)cc1. The van der Waals surface area contributed by atoms with E-state index in [-0.39, 0.29) is 11.3 Å². The molecule has 2 heterocycles. The van der Waals surface area contributed by atoms with Gasteiger partial charge in [0.2, 0.25) is 0 Å². The average Bonchev–Trinajstić information content (AvgIpc) is 3.41. The lowest BCUT2D eigenvalue weighted by atomic mass is 10.1. The number of thiophene rings is 1. The van der Waals surface area contributed by atoms with Crippen molar-refractivity contribution >= 4 is 39.1 Å². The van der Waals surface area contributed by atoms with Gasteiger partial charge in [-0.3, -0.25) is 14.2 Å². The van der Waals surface area contributed by atoms with Crippen LogP contribution in [0, 0.1) is 0 Å². The summed E-state index contributed by atoms with van der Waals surface area (Å²) in [6.45, 7) is 4.38. The van der Waals surface area contributed by atoms with E-state index in [1.54, 1.807) is 15.9 Å². The van der Waals surface area contributed by atoms with Gasteiger partial charge in [0.25, 0.3) is 5.56 Å². The number of hydrogen-bond acceptors (Lipinski definition) is 6. The maximum Gasteiger partial charge on any atom is 0.267 e. The van der Waals surface area contributed by atoms with Gasteiger partial charge in [0.05, 0.1) is 22.9 Å². The Balaban J connectivity index is 1.61. The summed E-state index contributed by atoms with van der Waals surface area (Å²) in [5, 5.41) is 0.874. The molecule has 5 nitrogen and oxygen atoms in total. The number of hydrogen-bond donors (Lipinski definition) is 0. The third-order valence-electron chi connectivity index (χ3n) is 5.82. The van der Waals surface area contributed by atoms with Crippen molar-refractivity contribution in [3.63, 3.8) is 0 Å². The fraction of sp³-hybridized carbons (Fsp3) is 0.269. The highest BCUT2D eigenvalue weighted by Crippen LogP contribution is 2.37. The molecule has 2 aromatic carbocycles. The smallest absolute Gasteiger partial charge is 0.267 e. The third-order valence-corrected chi connectivity index (χ3v) is 8.06. The van der Waals surface area contributed by atoms with Gasteiger partial charge in [-0.05, 0) is 62.9 Å². The van der Waals surface area contributed by atoms with E-state index >= 15 is 0 Å². The maximum absolute atomic E-state index is 13.8. The zero-order valence-electron chi connectivity index (χ0n) is 18.5. The minimum absolute atomic E-state index is 0.0156. The summed E-state index contributed by atoms with van der Waals surface area (Å²) in [7, 11) is 0. The Morgan fingerprint density at radius 1 is 1.15 bits per heavy atom. The lowest BCUT2D eigenvalue weighted by molar-refractivity contribution is 0.0994. The molecule has 4 aromatic rings. The number of rotatable bonds is 7. The second kappa shape index (κ2) is 9.15. The number of carbonyl (C=O) groups is 1. The van der Waals surface area contributed by atoms with Crippen molar-refractivity contribution in [3.8, 4) is 11.4 Å². The van der Waals surface area contributed by atoms with Gasteiger partial charge >= 0.3 is 0 Å². The summed E-state index contributed by atoms with van der Waals surface area (Å²) in [6.07, 6.45) is 3.01. The van der Waals surface area contributed by atoms with Crippen LogP contribution in [0.25, 0.3) is 15.9 Å². The van der Waals surface area contributed by atoms with Crippen LogP contribution in [0.15, 0.2) is 64.5 Å². The van der Waals surface area contributed by atoms with Gasteiger partial charge < -0.3 is 4.74 Å². The van der Waals surface area contributed by atoms with Crippen molar-refractivity contribution in [1.29, 1.82) is 0 Å². The molecule has 0 radical (unpaired) electrons. The first-order chi connectivity index (χ1) is 16.1. The predicted octanol–water partition coefficient (Wildman–Crippen LogP) is 5.70. The van der Waals surface area contributed by atoms with E-state index in [1.807, 2.05) is 68.4 Å². The van der Waals surface area contributed by atoms with Gasteiger partial charge in [0, 0.05) is 10.4 Å².